The first-order chi connectivity index (χ1) is 8.56. The highest BCUT2D eigenvalue weighted by atomic mass is 19.1. The van der Waals surface area contributed by atoms with Gasteiger partial charge in [-0.1, -0.05) is 12.1 Å². The van der Waals surface area contributed by atoms with Crippen molar-refractivity contribution in [3.8, 4) is 0 Å². The van der Waals surface area contributed by atoms with Crippen molar-refractivity contribution in [2.24, 2.45) is 11.7 Å². The summed E-state index contributed by atoms with van der Waals surface area (Å²) in [6.45, 7) is 0.871. The predicted molar refractivity (Wildman–Crippen MR) is 64.0 cm³/mol. The molecule has 1 heterocycles. The molecule has 0 saturated carbocycles. The Balaban J connectivity index is 1.91. The van der Waals surface area contributed by atoms with Crippen molar-refractivity contribution in [2.75, 3.05) is 13.1 Å². The molecule has 5 heteroatoms. The third-order valence-corrected chi connectivity index (χ3v) is 3.18. The Morgan fingerprint density at radius 1 is 1.50 bits per heavy atom. The van der Waals surface area contributed by atoms with Gasteiger partial charge >= 0.3 is 0 Å². The van der Waals surface area contributed by atoms with Crippen LogP contribution in [0.4, 0.5) is 4.39 Å². The van der Waals surface area contributed by atoms with Crippen molar-refractivity contribution in [1.82, 2.24) is 4.90 Å². The summed E-state index contributed by atoms with van der Waals surface area (Å²) < 4.78 is 13.0. The summed E-state index contributed by atoms with van der Waals surface area (Å²) in [6, 6.07) is 6.29. The SMILES string of the molecule is NC(=O)C1CC(=O)N(CCc2cccc(F)c2)C1. The molecule has 1 saturated heterocycles. The van der Waals surface area contributed by atoms with Gasteiger partial charge in [0.2, 0.25) is 11.8 Å². The summed E-state index contributed by atoms with van der Waals surface area (Å²) in [5.74, 6) is -1.16. The lowest BCUT2D eigenvalue weighted by Crippen LogP contribution is -2.30. The monoisotopic (exact) mass is 250 g/mol. The van der Waals surface area contributed by atoms with Gasteiger partial charge < -0.3 is 10.6 Å². The Morgan fingerprint density at radius 3 is 2.89 bits per heavy atom. The summed E-state index contributed by atoms with van der Waals surface area (Å²) in [7, 11) is 0. The normalized spacial score (nSPS) is 19.3. The average Bonchev–Trinajstić information content (AvgIpc) is 2.68. The van der Waals surface area contributed by atoms with Crippen LogP contribution in [0.15, 0.2) is 24.3 Å². The Morgan fingerprint density at radius 2 is 2.28 bits per heavy atom. The molecule has 18 heavy (non-hydrogen) atoms. The molecule has 0 spiro atoms. The molecule has 2 amide bonds. The summed E-state index contributed by atoms with van der Waals surface area (Å²) in [6.07, 6.45) is 0.771. The topological polar surface area (TPSA) is 63.4 Å². The van der Waals surface area contributed by atoms with Crippen LogP contribution in [-0.2, 0) is 16.0 Å². The van der Waals surface area contributed by atoms with E-state index in [1.54, 1.807) is 11.0 Å². The van der Waals surface area contributed by atoms with Crippen LogP contribution in [0, 0.1) is 11.7 Å². The maximum Gasteiger partial charge on any atom is 0.223 e. The number of primary amides is 1. The van der Waals surface area contributed by atoms with Gasteiger partial charge in [0, 0.05) is 19.5 Å². The average molecular weight is 250 g/mol. The van der Waals surface area contributed by atoms with Crippen LogP contribution in [0.25, 0.3) is 0 Å². The van der Waals surface area contributed by atoms with E-state index in [2.05, 4.69) is 0 Å². The summed E-state index contributed by atoms with van der Waals surface area (Å²) in [5.41, 5.74) is 6.02. The maximum atomic E-state index is 13.0. The van der Waals surface area contributed by atoms with Crippen LogP contribution < -0.4 is 5.73 Å². The second-order valence-corrected chi connectivity index (χ2v) is 4.52. The first-order valence-corrected chi connectivity index (χ1v) is 5.88. The highest BCUT2D eigenvalue weighted by Gasteiger charge is 2.32. The van der Waals surface area contributed by atoms with Crippen LogP contribution in [0.1, 0.15) is 12.0 Å². The number of halogens is 1. The lowest BCUT2D eigenvalue weighted by Gasteiger charge is -2.15. The third kappa shape index (κ3) is 2.85. The number of hydrogen-bond donors (Lipinski definition) is 1. The second kappa shape index (κ2) is 5.16. The smallest absolute Gasteiger partial charge is 0.223 e. The number of hydrogen-bond acceptors (Lipinski definition) is 2. The molecule has 1 aromatic carbocycles. The number of likely N-dealkylation sites (tertiary alicyclic amines) is 1. The Kier molecular flexibility index (Phi) is 3.60. The summed E-state index contributed by atoms with van der Waals surface area (Å²) in [5, 5.41) is 0. The largest absolute Gasteiger partial charge is 0.369 e. The van der Waals surface area contributed by atoms with E-state index < -0.39 is 5.91 Å². The zero-order valence-corrected chi connectivity index (χ0v) is 9.93. The molecule has 0 bridgehead atoms. The second-order valence-electron chi connectivity index (χ2n) is 4.52. The van der Waals surface area contributed by atoms with Crippen molar-refractivity contribution in [2.45, 2.75) is 12.8 Å². The molecule has 1 unspecified atom stereocenters. The standard InChI is InChI=1S/C13H15FN2O2/c14-11-3-1-2-9(6-11)4-5-16-8-10(13(15)18)7-12(16)17/h1-3,6,10H,4-5,7-8H2,(H2,15,18). The van der Waals surface area contributed by atoms with Crippen LogP contribution >= 0.6 is 0 Å². The fourth-order valence-corrected chi connectivity index (χ4v) is 2.14. The van der Waals surface area contributed by atoms with Crippen LogP contribution in [0.5, 0.6) is 0 Å². The summed E-state index contributed by atoms with van der Waals surface area (Å²) in [4.78, 5) is 24.2. The first-order valence-electron chi connectivity index (χ1n) is 5.88. The highest BCUT2D eigenvalue weighted by Crippen LogP contribution is 2.17. The minimum absolute atomic E-state index is 0.0600. The van der Waals surface area contributed by atoms with E-state index in [1.807, 2.05) is 6.07 Å². The number of nitrogens with two attached hydrogens (primary N) is 1. The van der Waals surface area contributed by atoms with E-state index in [0.717, 1.165) is 5.56 Å². The molecule has 1 aromatic rings. The van der Waals surface area contributed by atoms with Crippen LogP contribution in [0.3, 0.4) is 0 Å². The quantitative estimate of drug-likeness (QED) is 0.855. The van der Waals surface area contributed by atoms with Crippen molar-refractivity contribution in [3.63, 3.8) is 0 Å². The molecule has 1 fully saturated rings. The third-order valence-electron chi connectivity index (χ3n) is 3.18. The van der Waals surface area contributed by atoms with Crippen molar-refractivity contribution >= 4 is 11.8 Å². The van der Waals surface area contributed by atoms with Gasteiger partial charge in [0.1, 0.15) is 5.82 Å². The maximum absolute atomic E-state index is 13.0. The molecule has 0 aromatic heterocycles. The number of benzene rings is 1. The minimum Gasteiger partial charge on any atom is -0.369 e. The number of amides is 2. The Bertz CT molecular complexity index is 476. The van der Waals surface area contributed by atoms with Crippen molar-refractivity contribution in [3.05, 3.63) is 35.6 Å². The minimum atomic E-state index is -0.434. The zero-order valence-electron chi connectivity index (χ0n) is 9.93. The van der Waals surface area contributed by atoms with Gasteiger partial charge in [-0.05, 0) is 24.1 Å². The van der Waals surface area contributed by atoms with E-state index in [-0.39, 0.29) is 24.1 Å². The van der Waals surface area contributed by atoms with E-state index in [0.29, 0.717) is 19.5 Å². The molecular weight excluding hydrogens is 235 g/mol. The molecule has 4 nitrogen and oxygen atoms in total. The number of carbonyl (C=O) groups is 2. The molecule has 0 radical (unpaired) electrons. The van der Waals surface area contributed by atoms with Crippen LogP contribution in [0.2, 0.25) is 0 Å². The van der Waals surface area contributed by atoms with Gasteiger partial charge in [0.15, 0.2) is 0 Å². The van der Waals surface area contributed by atoms with Crippen molar-refractivity contribution in [1.29, 1.82) is 0 Å². The fourth-order valence-electron chi connectivity index (χ4n) is 2.14. The van der Waals surface area contributed by atoms with Gasteiger partial charge in [-0.2, -0.15) is 0 Å². The molecular formula is C13H15FN2O2. The molecule has 2 rings (SSSR count). The van der Waals surface area contributed by atoms with E-state index >= 15 is 0 Å². The number of nitrogens with zero attached hydrogens (tertiary/aromatic N) is 1. The highest BCUT2D eigenvalue weighted by molar-refractivity contribution is 5.88. The lowest BCUT2D eigenvalue weighted by molar-refractivity contribution is -0.128. The van der Waals surface area contributed by atoms with E-state index in [1.165, 1.54) is 12.1 Å². The molecule has 2 N–H and O–H groups in total. The molecule has 0 aliphatic carbocycles. The molecule has 96 valence electrons. The predicted octanol–water partition coefficient (Wildman–Crippen LogP) is 0.702. The van der Waals surface area contributed by atoms with Crippen molar-refractivity contribution < 1.29 is 14.0 Å². The van der Waals surface area contributed by atoms with Gasteiger partial charge in [-0.3, -0.25) is 9.59 Å². The number of carbonyl (C=O) groups excluding carboxylic acids is 2. The Hall–Kier alpha value is -1.91. The first kappa shape index (κ1) is 12.5. The van der Waals surface area contributed by atoms with Crippen LogP contribution in [-0.4, -0.2) is 29.8 Å². The Labute approximate surface area is 105 Å². The number of rotatable bonds is 4. The molecule has 1 atom stereocenters. The molecule has 1 aliphatic heterocycles. The van der Waals surface area contributed by atoms with Gasteiger partial charge in [-0.25, -0.2) is 4.39 Å². The fraction of sp³-hybridized carbons (Fsp3) is 0.385. The van der Waals surface area contributed by atoms with Gasteiger partial charge in [0.05, 0.1) is 5.92 Å². The van der Waals surface area contributed by atoms with E-state index in [4.69, 9.17) is 5.73 Å². The summed E-state index contributed by atoms with van der Waals surface area (Å²) >= 11 is 0. The lowest BCUT2D eigenvalue weighted by atomic mass is 10.1. The van der Waals surface area contributed by atoms with Gasteiger partial charge in [-0.15, -0.1) is 0 Å². The van der Waals surface area contributed by atoms with E-state index in [9.17, 15) is 14.0 Å². The zero-order chi connectivity index (χ0) is 13.1. The van der Waals surface area contributed by atoms with Gasteiger partial charge in [0.25, 0.3) is 0 Å². The molecule has 1 aliphatic rings.